The number of nitrogens with zero attached hydrogens (tertiary/aromatic N) is 1. The van der Waals surface area contributed by atoms with Gasteiger partial charge in [0.25, 0.3) is 0 Å². The van der Waals surface area contributed by atoms with E-state index in [1.807, 2.05) is 0 Å². The molecule has 1 heterocycles. The lowest BCUT2D eigenvalue weighted by molar-refractivity contribution is 0.101. The molecule has 1 aromatic carbocycles. The van der Waals surface area contributed by atoms with Gasteiger partial charge in [-0.2, -0.15) is 0 Å². The Kier molecular flexibility index (Phi) is 3.32. The Bertz CT molecular complexity index is 574. The van der Waals surface area contributed by atoms with Gasteiger partial charge in [0.2, 0.25) is 0 Å². The molecule has 0 saturated carbocycles. The molecule has 94 valence electrons. The van der Waals surface area contributed by atoms with Crippen molar-refractivity contribution in [1.29, 1.82) is 0 Å². The predicted molar refractivity (Wildman–Crippen MR) is 65.0 cm³/mol. The molecule has 0 aliphatic carbocycles. The number of benzene rings is 1. The van der Waals surface area contributed by atoms with Gasteiger partial charge in [0.1, 0.15) is 0 Å². The molecule has 5 heteroatoms. The lowest BCUT2D eigenvalue weighted by atomic mass is 10.1. The Labute approximate surface area is 104 Å². The molecule has 1 aromatic heterocycles. The standard InChI is InChI=1S/C13H13NO4/c1-8(15)10-7-14-18-13(10)9-4-5-11(16-2)12(6-9)17-3/h4-7H,1-3H3. The first-order valence-corrected chi connectivity index (χ1v) is 5.35. The van der Waals surface area contributed by atoms with Crippen molar-refractivity contribution in [1.82, 2.24) is 5.16 Å². The Morgan fingerprint density at radius 2 is 1.94 bits per heavy atom. The van der Waals surface area contributed by atoms with Crippen molar-refractivity contribution in [3.8, 4) is 22.8 Å². The van der Waals surface area contributed by atoms with Crippen LogP contribution in [0.5, 0.6) is 11.5 Å². The highest BCUT2D eigenvalue weighted by molar-refractivity contribution is 5.99. The van der Waals surface area contributed by atoms with Gasteiger partial charge in [-0.1, -0.05) is 5.16 Å². The van der Waals surface area contributed by atoms with Gasteiger partial charge in [-0.3, -0.25) is 4.79 Å². The molecule has 18 heavy (non-hydrogen) atoms. The SMILES string of the molecule is COc1ccc(-c2oncc2C(C)=O)cc1OC. The summed E-state index contributed by atoms with van der Waals surface area (Å²) in [6, 6.07) is 5.28. The summed E-state index contributed by atoms with van der Waals surface area (Å²) in [7, 11) is 3.11. The number of methoxy groups -OCH3 is 2. The minimum atomic E-state index is -0.0963. The summed E-state index contributed by atoms with van der Waals surface area (Å²) in [5.74, 6) is 1.52. The van der Waals surface area contributed by atoms with E-state index in [4.69, 9.17) is 14.0 Å². The fourth-order valence-electron chi connectivity index (χ4n) is 1.68. The van der Waals surface area contributed by atoms with Crippen molar-refractivity contribution in [3.63, 3.8) is 0 Å². The molecule has 0 radical (unpaired) electrons. The Morgan fingerprint density at radius 3 is 2.56 bits per heavy atom. The molecule has 5 nitrogen and oxygen atoms in total. The summed E-state index contributed by atoms with van der Waals surface area (Å²) in [5, 5.41) is 3.65. The van der Waals surface area contributed by atoms with Crippen LogP contribution in [-0.4, -0.2) is 25.2 Å². The number of carbonyl (C=O) groups excluding carboxylic acids is 1. The molecule has 0 aliphatic rings. The molecule has 2 rings (SSSR count). The monoisotopic (exact) mass is 247 g/mol. The summed E-state index contributed by atoms with van der Waals surface area (Å²) >= 11 is 0. The first-order chi connectivity index (χ1) is 8.67. The minimum Gasteiger partial charge on any atom is -0.493 e. The maximum Gasteiger partial charge on any atom is 0.177 e. The van der Waals surface area contributed by atoms with Crippen molar-refractivity contribution in [2.24, 2.45) is 0 Å². The van der Waals surface area contributed by atoms with Crippen molar-refractivity contribution in [2.75, 3.05) is 14.2 Å². The highest BCUT2D eigenvalue weighted by atomic mass is 16.5. The predicted octanol–water partition coefficient (Wildman–Crippen LogP) is 2.56. The fourth-order valence-corrected chi connectivity index (χ4v) is 1.68. The van der Waals surface area contributed by atoms with Crippen molar-refractivity contribution in [2.45, 2.75) is 6.92 Å². The highest BCUT2D eigenvalue weighted by Gasteiger charge is 2.16. The summed E-state index contributed by atoms with van der Waals surface area (Å²) < 4.78 is 15.5. The van der Waals surface area contributed by atoms with Crippen LogP contribution in [0.15, 0.2) is 28.9 Å². The van der Waals surface area contributed by atoms with Gasteiger partial charge in [0, 0.05) is 5.56 Å². The second-order valence-electron chi connectivity index (χ2n) is 3.69. The van der Waals surface area contributed by atoms with E-state index in [2.05, 4.69) is 5.16 Å². The minimum absolute atomic E-state index is 0.0963. The van der Waals surface area contributed by atoms with E-state index in [0.29, 0.717) is 22.8 Å². The molecule has 0 amide bonds. The van der Waals surface area contributed by atoms with Gasteiger partial charge in [0.05, 0.1) is 26.0 Å². The van der Waals surface area contributed by atoms with Crippen LogP contribution >= 0.6 is 0 Å². The Morgan fingerprint density at radius 1 is 1.22 bits per heavy atom. The van der Waals surface area contributed by atoms with Crippen LogP contribution in [-0.2, 0) is 0 Å². The van der Waals surface area contributed by atoms with E-state index in [9.17, 15) is 4.79 Å². The average molecular weight is 247 g/mol. The van der Waals surface area contributed by atoms with Gasteiger partial charge >= 0.3 is 0 Å². The zero-order valence-electron chi connectivity index (χ0n) is 10.4. The molecule has 0 bridgehead atoms. The van der Waals surface area contributed by atoms with E-state index in [1.165, 1.54) is 13.1 Å². The van der Waals surface area contributed by atoms with Crippen LogP contribution in [0, 0.1) is 0 Å². The van der Waals surface area contributed by atoms with E-state index in [0.717, 1.165) is 5.56 Å². The number of hydrogen-bond acceptors (Lipinski definition) is 5. The number of ketones is 1. The molecule has 2 aromatic rings. The average Bonchev–Trinajstić information content (AvgIpc) is 2.87. The normalized spacial score (nSPS) is 10.2. The molecule has 0 fully saturated rings. The Hall–Kier alpha value is -2.30. The molecule has 0 atom stereocenters. The fraction of sp³-hybridized carbons (Fsp3) is 0.231. The first kappa shape index (κ1) is 12.2. The van der Waals surface area contributed by atoms with Crippen molar-refractivity contribution >= 4 is 5.78 Å². The molecule has 0 unspecified atom stereocenters. The van der Waals surface area contributed by atoms with Gasteiger partial charge < -0.3 is 14.0 Å². The van der Waals surface area contributed by atoms with Crippen molar-refractivity contribution in [3.05, 3.63) is 30.0 Å². The number of aromatic nitrogens is 1. The number of ether oxygens (including phenoxy) is 2. The summed E-state index contributed by atoms with van der Waals surface area (Å²) in [4.78, 5) is 11.4. The van der Waals surface area contributed by atoms with Crippen LogP contribution < -0.4 is 9.47 Å². The molecule has 0 aliphatic heterocycles. The second kappa shape index (κ2) is 4.91. The maximum absolute atomic E-state index is 11.4. The number of hydrogen-bond donors (Lipinski definition) is 0. The van der Waals surface area contributed by atoms with Crippen LogP contribution in [0.2, 0.25) is 0 Å². The van der Waals surface area contributed by atoms with E-state index < -0.39 is 0 Å². The zero-order chi connectivity index (χ0) is 13.1. The molecular formula is C13H13NO4. The zero-order valence-corrected chi connectivity index (χ0v) is 10.4. The first-order valence-electron chi connectivity index (χ1n) is 5.35. The van der Waals surface area contributed by atoms with Crippen molar-refractivity contribution < 1.29 is 18.8 Å². The lowest BCUT2D eigenvalue weighted by Crippen LogP contribution is -1.94. The van der Waals surface area contributed by atoms with Crippen LogP contribution in [0.1, 0.15) is 17.3 Å². The molecule has 0 saturated heterocycles. The van der Waals surface area contributed by atoms with E-state index >= 15 is 0 Å². The topological polar surface area (TPSA) is 61.6 Å². The second-order valence-corrected chi connectivity index (χ2v) is 3.69. The largest absolute Gasteiger partial charge is 0.493 e. The number of Topliss-reactive ketones (excluding diaryl/α,β-unsaturated/α-hetero) is 1. The molecular weight excluding hydrogens is 234 g/mol. The quantitative estimate of drug-likeness (QED) is 0.777. The molecule has 0 spiro atoms. The Balaban J connectivity index is 2.51. The van der Waals surface area contributed by atoms with Crippen LogP contribution in [0.25, 0.3) is 11.3 Å². The third-order valence-electron chi connectivity index (χ3n) is 2.60. The summed E-state index contributed by atoms with van der Waals surface area (Å²) in [6.45, 7) is 1.47. The van der Waals surface area contributed by atoms with Gasteiger partial charge in [-0.05, 0) is 25.1 Å². The third-order valence-corrected chi connectivity index (χ3v) is 2.60. The summed E-state index contributed by atoms with van der Waals surface area (Å²) in [6.07, 6.45) is 1.41. The smallest absolute Gasteiger partial charge is 0.177 e. The van der Waals surface area contributed by atoms with E-state index in [1.54, 1.807) is 32.4 Å². The van der Waals surface area contributed by atoms with Gasteiger partial charge in [0.15, 0.2) is 23.0 Å². The number of rotatable bonds is 4. The lowest BCUT2D eigenvalue weighted by Gasteiger charge is -2.08. The van der Waals surface area contributed by atoms with Gasteiger partial charge in [-0.15, -0.1) is 0 Å². The van der Waals surface area contributed by atoms with Gasteiger partial charge in [-0.25, -0.2) is 0 Å². The van der Waals surface area contributed by atoms with E-state index in [-0.39, 0.29) is 5.78 Å². The van der Waals surface area contributed by atoms with Crippen LogP contribution in [0.3, 0.4) is 0 Å². The number of carbonyl (C=O) groups is 1. The van der Waals surface area contributed by atoms with Crippen LogP contribution in [0.4, 0.5) is 0 Å². The molecule has 0 N–H and O–H groups in total. The maximum atomic E-state index is 11.4. The summed E-state index contributed by atoms with van der Waals surface area (Å²) in [5.41, 5.74) is 1.16. The third kappa shape index (κ3) is 2.07. The highest BCUT2D eigenvalue weighted by Crippen LogP contribution is 2.33.